The molecule has 2 nitrogen and oxygen atoms in total. The highest BCUT2D eigenvalue weighted by Gasteiger charge is 2.24. The average Bonchev–Trinajstić information content (AvgIpc) is 2.16. The lowest BCUT2D eigenvalue weighted by Gasteiger charge is -2.29. The van der Waals surface area contributed by atoms with Crippen LogP contribution in [0.2, 0.25) is 0 Å². The van der Waals surface area contributed by atoms with Crippen LogP contribution in [0.5, 0.6) is 0 Å². The molecule has 3 atom stereocenters. The molecule has 1 saturated heterocycles. The van der Waals surface area contributed by atoms with Gasteiger partial charge in [0.05, 0.1) is 0 Å². The van der Waals surface area contributed by atoms with Crippen LogP contribution >= 0.6 is 0 Å². The van der Waals surface area contributed by atoms with E-state index in [0.717, 1.165) is 11.5 Å². The fraction of sp³-hybridized carbons (Fsp3) is 0.500. The highest BCUT2D eigenvalue weighted by Crippen LogP contribution is 2.21. The Morgan fingerprint density at radius 2 is 2.07 bits per heavy atom. The Bertz CT molecular complexity index is 378. The normalized spacial score (nSPS) is 31.5. The van der Waals surface area contributed by atoms with Crippen molar-refractivity contribution in [1.82, 2.24) is 5.32 Å². The molecule has 1 N–H and O–H groups in total. The molecule has 0 bridgehead atoms. The van der Waals surface area contributed by atoms with E-state index in [-0.39, 0.29) is 6.04 Å². The van der Waals surface area contributed by atoms with Crippen LogP contribution in [0.3, 0.4) is 0 Å². The van der Waals surface area contributed by atoms with Gasteiger partial charge in [0.25, 0.3) is 0 Å². The van der Waals surface area contributed by atoms with Crippen LogP contribution in [0.15, 0.2) is 24.3 Å². The van der Waals surface area contributed by atoms with Gasteiger partial charge in [0.15, 0.2) is 0 Å². The van der Waals surface area contributed by atoms with E-state index < -0.39 is 10.8 Å². The molecule has 3 heteroatoms. The van der Waals surface area contributed by atoms with Crippen LogP contribution in [-0.4, -0.2) is 21.8 Å². The van der Waals surface area contributed by atoms with E-state index in [1.165, 1.54) is 11.1 Å². The van der Waals surface area contributed by atoms with Gasteiger partial charge in [-0.25, -0.2) is 0 Å². The first-order chi connectivity index (χ1) is 7.16. The summed E-state index contributed by atoms with van der Waals surface area (Å²) in [7, 11) is -0.672. The lowest BCUT2D eigenvalue weighted by atomic mass is 10.0. The van der Waals surface area contributed by atoms with Crippen LogP contribution in [0.25, 0.3) is 0 Å². The Kier molecular flexibility index (Phi) is 3.22. The monoisotopic (exact) mass is 223 g/mol. The molecule has 0 aromatic heterocycles. The third-order valence-corrected chi connectivity index (χ3v) is 4.41. The number of benzene rings is 1. The molecule has 1 aromatic rings. The third kappa shape index (κ3) is 2.47. The molecule has 0 saturated carbocycles. The summed E-state index contributed by atoms with van der Waals surface area (Å²) in [5.41, 5.74) is 2.57. The highest BCUT2D eigenvalue weighted by molar-refractivity contribution is 7.85. The lowest BCUT2D eigenvalue weighted by molar-refractivity contribution is 0.488. The SMILES string of the molecule is Cc1ccccc1C1CS(=O)CC(C)N1. The zero-order valence-electron chi connectivity index (χ0n) is 9.19. The minimum absolute atomic E-state index is 0.260. The van der Waals surface area contributed by atoms with Gasteiger partial charge in [-0.3, -0.25) is 4.21 Å². The molecule has 0 radical (unpaired) electrons. The van der Waals surface area contributed by atoms with Gasteiger partial charge >= 0.3 is 0 Å². The lowest BCUT2D eigenvalue weighted by Crippen LogP contribution is -2.43. The summed E-state index contributed by atoms with van der Waals surface area (Å²) in [4.78, 5) is 0. The molecule has 0 amide bonds. The van der Waals surface area contributed by atoms with Crippen molar-refractivity contribution >= 4 is 10.8 Å². The second kappa shape index (κ2) is 4.45. The Labute approximate surface area is 93.5 Å². The summed E-state index contributed by atoms with van der Waals surface area (Å²) in [5, 5.41) is 3.51. The summed E-state index contributed by atoms with van der Waals surface area (Å²) in [6, 6.07) is 8.94. The largest absolute Gasteiger partial charge is 0.306 e. The summed E-state index contributed by atoms with van der Waals surface area (Å²) in [6.45, 7) is 4.21. The van der Waals surface area contributed by atoms with Gasteiger partial charge in [-0.05, 0) is 25.0 Å². The molecule has 2 rings (SSSR count). The van der Waals surface area contributed by atoms with Gasteiger partial charge in [0.2, 0.25) is 0 Å². The zero-order chi connectivity index (χ0) is 10.8. The maximum Gasteiger partial charge on any atom is 0.0441 e. The molecule has 1 aliphatic rings. The van der Waals surface area contributed by atoms with Crippen LogP contribution < -0.4 is 5.32 Å². The van der Waals surface area contributed by atoms with Crippen LogP contribution in [-0.2, 0) is 10.8 Å². The van der Waals surface area contributed by atoms with Gasteiger partial charge in [-0.15, -0.1) is 0 Å². The molecule has 15 heavy (non-hydrogen) atoms. The second-order valence-electron chi connectivity index (χ2n) is 4.25. The van der Waals surface area contributed by atoms with E-state index >= 15 is 0 Å². The molecule has 1 aliphatic heterocycles. The third-order valence-electron chi connectivity index (χ3n) is 2.84. The maximum absolute atomic E-state index is 11.6. The van der Waals surface area contributed by atoms with Gasteiger partial charge in [0.1, 0.15) is 0 Å². The predicted octanol–water partition coefficient (Wildman–Crippen LogP) is 1.78. The summed E-state index contributed by atoms with van der Waals surface area (Å²) in [6.07, 6.45) is 0. The number of hydrogen-bond acceptors (Lipinski definition) is 2. The van der Waals surface area contributed by atoms with Crippen LogP contribution in [0.4, 0.5) is 0 Å². The first-order valence-corrected chi connectivity index (χ1v) is 6.82. The van der Waals surface area contributed by atoms with Crippen LogP contribution in [0, 0.1) is 6.92 Å². The topological polar surface area (TPSA) is 29.1 Å². The van der Waals surface area contributed by atoms with E-state index in [1.54, 1.807) is 0 Å². The van der Waals surface area contributed by atoms with E-state index in [0.29, 0.717) is 6.04 Å². The molecule has 82 valence electrons. The van der Waals surface area contributed by atoms with Crippen molar-refractivity contribution in [2.45, 2.75) is 25.9 Å². The van der Waals surface area contributed by atoms with Gasteiger partial charge in [-0.2, -0.15) is 0 Å². The fourth-order valence-electron chi connectivity index (χ4n) is 2.13. The summed E-state index contributed by atoms with van der Waals surface area (Å²) in [5.74, 6) is 1.53. The Balaban J connectivity index is 2.23. The van der Waals surface area contributed by atoms with Gasteiger partial charge in [0, 0.05) is 34.4 Å². The molecule has 1 heterocycles. The van der Waals surface area contributed by atoms with E-state index in [1.807, 2.05) is 12.1 Å². The first kappa shape index (κ1) is 10.8. The summed E-state index contributed by atoms with van der Waals surface area (Å²) >= 11 is 0. The predicted molar refractivity (Wildman–Crippen MR) is 64.4 cm³/mol. The zero-order valence-corrected chi connectivity index (χ0v) is 10.0. The van der Waals surface area contributed by atoms with Crippen molar-refractivity contribution in [3.63, 3.8) is 0 Å². The molecule has 1 aromatic carbocycles. The molecular weight excluding hydrogens is 206 g/mol. The maximum atomic E-state index is 11.6. The van der Waals surface area contributed by atoms with Crippen molar-refractivity contribution in [2.75, 3.05) is 11.5 Å². The average molecular weight is 223 g/mol. The van der Waals surface area contributed by atoms with Crippen molar-refractivity contribution in [3.05, 3.63) is 35.4 Å². The van der Waals surface area contributed by atoms with E-state index in [2.05, 4.69) is 31.3 Å². The summed E-state index contributed by atoms with van der Waals surface area (Å²) < 4.78 is 11.6. The molecule has 0 aliphatic carbocycles. The number of hydrogen-bond donors (Lipinski definition) is 1. The van der Waals surface area contributed by atoms with E-state index in [4.69, 9.17) is 0 Å². The minimum atomic E-state index is -0.672. The van der Waals surface area contributed by atoms with Gasteiger partial charge < -0.3 is 5.32 Å². The minimum Gasteiger partial charge on any atom is -0.306 e. The number of aryl methyl sites for hydroxylation is 1. The standard InChI is InChI=1S/C12H17NOS/c1-9-5-3-4-6-11(9)12-8-15(14)7-10(2)13-12/h3-6,10,12-13H,7-8H2,1-2H3. The number of nitrogens with one attached hydrogen (secondary N) is 1. The van der Waals surface area contributed by atoms with Crippen molar-refractivity contribution in [2.24, 2.45) is 0 Å². The molecular formula is C12H17NOS. The van der Waals surface area contributed by atoms with Gasteiger partial charge in [-0.1, -0.05) is 24.3 Å². The smallest absolute Gasteiger partial charge is 0.0441 e. The number of rotatable bonds is 1. The quantitative estimate of drug-likeness (QED) is 0.786. The van der Waals surface area contributed by atoms with Crippen molar-refractivity contribution < 1.29 is 4.21 Å². The second-order valence-corrected chi connectivity index (χ2v) is 5.80. The fourth-order valence-corrected chi connectivity index (χ4v) is 3.57. The van der Waals surface area contributed by atoms with Crippen molar-refractivity contribution in [3.8, 4) is 0 Å². The highest BCUT2D eigenvalue weighted by atomic mass is 32.2. The van der Waals surface area contributed by atoms with E-state index in [9.17, 15) is 4.21 Å². The molecule has 3 unspecified atom stereocenters. The van der Waals surface area contributed by atoms with Crippen molar-refractivity contribution in [1.29, 1.82) is 0 Å². The molecule has 0 spiro atoms. The molecule has 1 fully saturated rings. The van der Waals surface area contributed by atoms with Crippen LogP contribution in [0.1, 0.15) is 24.1 Å². The first-order valence-electron chi connectivity index (χ1n) is 5.33. The Morgan fingerprint density at radius 3 is 2.73 bits per heavy atom. The Morgan fingerprint density at radius 1 is 1.33 bits per heavy atom. The Hall–Kier alpha value is -0.670.